The molecule has 0 spiro atoms. The molecular formula is C20H21BrCl2N4O2S. The molecule has 1 aliphatic heterocycles. The van der Waals surface area contributed by atoms with Gasteiger partial charge < -0.3 is 10.1 Å². The Hall–Kier alpha value is -1.48. The maximum absolute atomic E-state index is 12.8. The monoisotopic (exact) mass is 530 g/mol. The molecule has 6 nitrogen and oxygen atoms in total. The number of carbonyl (C=O) groups is 1. The van der Waals surface area contributed by atoms with Crippen LogP contribution in [-0.2, 0) is 14.9 Å². The van der Waals surface area contributed by atoms with Crippen LogP contribution < -0.4 is 5.32 Å². The van der Waals surface area contributed by atoms with Crippen molar-refractivity contribution in [2.24, 2.45) is 4.99 Å². The van der Waals surface area contributed by atoms with Crippen molar-refractivity contribution in [3.8, 4) is 0 Å². The number of allylic oxidation sites excluding steroid dienone is 1. The van der Waals surface area contributed by atoms with Crippen LogP contribution in [0.4, 0.5) is 0 Å². The number of ether oxygens (including phenoxy) is 1. The summed E-state index contributed by atoms with van der Waals surface area (Å²) in [5, 5.41) is 14.7. The van der Waals surface area contributed by atoms with Gasteiger partial charge in [-0.1, -0.05) is 77.3 Å². The zero-order chi connectivity index (χ0) is 22.1. The summed E-state index contributed by atoms with van der Waals surface area (Å²) >= 11 is 17.5. The van der Waals surface area contributed by atoms with Gasteiger partial charge in [0.1, 0.15) is 11.0 Å². The molecule has 30 heavy (non-hydrogen) atoms. The van der Waals surface area contributed by atoms with E-state index in [2.05, 4.69) is 52.2 Å². The average Bonchev–Trinajstić information content (AvgIpc) is 3.18. The first kappa shape index (κ1) is 23.2. The summed E-state index contributed by atoms with van der Waals surface area (Å²) in [6.45, 7) is 8.24. The van der Waals surface area contributed by atoms with Crippen molar-refractivity contribution >= 4 is 62.3 Å². The number of rotatable bonds is 5. The fourth-order valence-corrected chi connectivity index (χ4v) is 4.64. The van der Waals surface area contributed by atoms with Crippen molar-refractivity contribution < 1.29 is 9.53 Å². The minimum atomic E-state index is -0.667. The lowest BCUT2D eigenvalue weighted by molar-refractivity contribution is -0.138. The van der Waals surface area contributed by atoms with Crippen molar-refractivity contribution in [2.75, 3.05) is 11.9 Å². The Kier molecular flexibility index (Phi) is 7.22. The molecule has 1 aromatic carbocycles. The maximum Gasteiger partial charge on any atom is 0.338 e. The molecule has 0 aliphatic carbocycles. The van der Waals surface area contributed by atoms with E-state index in [-0.39, 0.29) is 12.0 Å². The molecule has 1 unspecified atom stereocenters. The van der Waals surface area contributed by atoms with E-state index in [9.17, 15) is 4.79 Å². The summed E-state index contributed by atoms with van der Waals surface area (Å²) < 4.78 is 5.30. The number of esters is 1. The fourth-order valence-electron chi connectivity index (χ4n) is 2.83. The second-order valence-corrected chi connectivity index (χ2v) is 9.96. The van der Waals surface area contributed by atoms with Gasteiger partial charge in [-0.2, -0.15) is 0 Å². The van der Waals surface area contributed by atoms with Crippen LogP contribution in [0.5, 0.6) is 0 Å². The number of carbonyl (C=O) groups excluding carboxylic acids is 1. The molecule has 2 aromatic rings. The molecule has 0 bridgehead atoms. The minimum Gasteiger partial charge on any atom is -0.463 e. The van der Waals surface area contributed by atoms with Gasteiger partial charge in [-0.15, -0.1) is 10.2 Å². The molecule has 1 N–H and O–H groups in total. The summed E-state index contributed by atoms with van der Waals surface area (Å²) in [5.74, 6) is 0.0763. The van der Waals surface area contributed by atoms with Gasteiger partial charge in [0.15, 0.2) is 10.8 Å². The first-order chi connectivity index (χ1) is 14.2. The van der Waals surface area contributed by atoms with Gasteiger partial charge in [0.2, 0.25) is 0 Å². The van der Waals surface area contributed by atoms with Crippen molar-refractivity contribution in [1.82, 2.24) is 15.5 Å². The number of hydrogen-bond acceptors (Lipinski definition) is 7. The lowest BCUT2D eigenvalue weighted by Gasteiger charge is -2.26. The molecule has 0 radical (unpaired) electrons. The molecule has 1 aromatic heterocycles. The minimum absolute atomic E-state index is 0.131. The first-order valence-electron chi connectivity index (χ1n) is 9.26. The number of aliphatic imine (C=N–C) groups is 1. The number of amidine groups is 1. The van der Waals surface area contributed by atoms with Gasteiger partial charge in [0, 0.05) is 32.1 Å². The Morgan fingerprint density at radius 1 is 1.30 bits per heavy atom. The predicted molar refractivity (Wildman–Crippen MR) is 125 cm³/mol. The van der Waals surface area contributed by atoms with Gasteiger partial charge in [-0.3, -0.25) is 4.99 Å². The van der Waals surface area contributed by atoms with Crippen LogP contribution in [0.3, 0.4) is 0 Å². The smallest absolute Gasteiger partial charge is 0.338 e. The van der Waals surface area contributed by atoms with Crippen LogP contribution in [0, 0.1) is 0 Å². The third kappa shape index (κ3) is 4.88. The Morgan fingerprint density at radius 3 is 2.60 bits per heavy atom. The van der Waals surface area contributed by atoms with Crippen LogP contribution in [0.2, 0.25) is 10.0 Å². The number of halogens is 3. The molecule has 10 heteroatoms. The van der Waals surface area contributed by atoms with E-state index in [1.54, 1.807) is 25.1 Å². The van der Waals surface area contributed by atoms with Crippen LogP contribution in [0.15, 0.2) is 34.5 Å². The Balaban J connectivity index is 2.14. The SMILES string of the molecule is CCOC(=O)C1=C(CBr)NC(c2nnc(C(C)(C)C)s2)=NC1c1ccc(Cl)cc1Cl. The molecule has 1 aliphatic rings. The molecule has 3 rings (SSSR count). The van der Waals surface area contributed by atoms with Gasteiger partial charge in [0.25, 0.3) is 0 Å². The van der Waals surface area contributed by atoms with E-state index >= 15 is 0 Å². The number of nitrogens with one attached hydrogen (secondary N) is 1. The average molecular weight is 532 g/mol. The highest BCUT2D eigenvalue weighted by molar-refractivity contribution is 9.09. The van der Waals surface area contributed by atoms with Crippen LogP contribution in [-0.4, -0.2) is 33.9 Å². The third-order valence-electron chi connectivity index (χ3n) is 4.28. The van der Waals surface area contributed by atoms with E-state index in [4.69, 9.17) is 32.9 Å². The highest BCUT2D eigenvalue weighted by Gasteiger charge is 2.34. The van der Waals surface area contributed by atoms with Crippen LogP contribution >= 0.6 is 50.5 Å². The molecule has 0 saturated carbocycles. The van der Waals surface area contributed by atoms with Gasteiger partial charge in [-0.05, 0) is 19.1 Å². The predicted octanol–water partition coefficient (Wildman–Crippen LogP) is 5.45. The molecule has 2 heterocycles. The summed E-state index contributed by atoms with van der Waals surface area (Å²) in [4.78, 5) is 17.6. The normalized spacial score (nSPS) is 16.9. The highest BCUT2D eigenvalue weighted by Crippen LogP contribution is 2.38. The van der Waals surface area contributed by atoms with Crippen molar-refractivity contribution in [3.63, 3.8) is 0 Å². The van der Waals surface area contributed by atoms with E-state index < -0.39 is 12.0 Å². The number of benzene rings is 1. The van der Waals surface area contributed by atoms with Crippen LogP contribution in [0.25, 0.3) is 0 Å². The lowest BCUT2D eigenvalue weighted by Crippen LogP contribution is -2.34. The molecule has 1 atom stereocenters. The first-order valence-corrected chi connectivity index (χ1v) is 11.9. The number of alkyl halides is 1. The Bertz CT molecular complexity index is 1030. The number of aromatic nitrogens is 2. The summed E-state index contributed by atoms with van der Waals surface area (Å²) in [6.07, 6.45) is 0. The van der Waals surface area contributed by atoms with Gasteiger partial charge in [0.05, 0.1) is 12.2 Å². The molecule has 160 valence electrons. The Morgan fingerprint density at radius 2 is 2.03 bits per heavy atom. The van der Waals surface area contributed by atoms with E-state index in [1.165, 1.54) is 11.3 Å². The number of nitrogens with zero attached hydrogens (tertiary/aromatic N) is 3. The van der Waals surface area contributed by atoms with E-state index in [1.807, 2.05) is 0 Å². The molecule has 0 amide bonds. The second-order valence-electron chi connectivity index (χ2n) is 7.58. The summed E-state index contributed by atoms with van der Waals surface area (Å²) in [6, 6.07) is 4.46. The van der Waals surface area contributed by atoms with Crippen molar-refractivity contribution in [1.29, 1.82) is 0 Å². The second kappa shape index (κ2) is 9.34. The lowest BCUT2D eigenvalue weighted by atomic mass is 9.96. The maximum atomic E-state index is 12.8. The quantitative estimate of drug-likeness (QED) is 0.410. The molecular weight excluding hydrogens is 511 g/mol. The number of hydrogen-bond donors (Lipinski definition) is 1. The van der Waals surface area contributed by atoms with E-state index in [0.29, 0.717) is 43.1 Å². The molecule has 0 fully saturated rings. The summed E-state index contributed by atoms with van der Waals surface area (Å²) in [5.41, 5.74) is 1.56. The topological polar surface area (TPSA) is 76.5 Å². The van der Waals surface area contributed by atoms with E-state index in [0.717, 1.165) is 5.01 Å². The zero-order valence-corrected chi connectivity index (χ0v) is 20.8. The van der Waals surface area contributed by atoms with Crippen molar-refractivity contribution in [3.05, 3.63) is 55.1 Å². The standard InChI is InChI=1S/C20H21BrCl2N4O2S/c1-5-29-18(28)14-13(9-21)24-16(17-26-27-19(30-17)20(2,3)4)25-15(14)11-7-6-10(22)8-12(11)23/h6-8,15H,5,9H2,1-4H3,(H,24,25). The Labute approximate surface area is 197 Å². The highest BCUT2D eigenvalue weighted by atomic mass is 79.9. The zero-order valence-electron chi connectivity index (χ0n) is 16.9. The van der Waals surface area contributed by atoms with Gasteiger partial charge >= 0.3 is 5.97 Å². The van der Waals surface area contributed by atoms with Crippen LogP contribution in [0.1, 0.15) is 49.3 Å². The fraction of sp³-hybridized carbons (Fsp3) is 0.400. The molecule has 0 saturated heterocycles. The summed E-state index contributed by atoms with van der Waals surface area (Å²) in [7, 11) is 0. The largest absolute Gasteiger partial charge is 0.463 e. The third-order valence-corrected chi connectivity index (χ3v) is 6.76. The van der Waals surface area contributed by atoms with Crippen molar-refractivity contribution in [2.45, 2.75) is 39.2 Å². The van der Waals surface area contributed by atoms with Gasteiger partial charge in [-0.25, -0.2) is 4.79 Å².